The molecule has 0 bridgehead atoms. The van der Waals surface area contributed by atoms with Crippen molar-refractivity contribution in [3.05, 3.63) is 65.7 Å². The number of guanidine groups is 1. The highest BCUT2D eigenvalue weighted by atomic mass is 33.1. The zero-order valence-corrected chi connectivity index (χ0v) is 43.5. The van der Waals surface area contributed by atoms with E-state index in [1.54, 1.807) is 70.2 Å². The molecule has 0 saturated carbocycles. The van der Waals surface area contributed by atoms with E-state index in [1.807, 2.05) is 0 Å². The Bertz CT molecular complexity index is 2370. The van der Waals surface area contributed by atoms with Gasteiger partial charge in [-0.3, -0.25) is 52.9 Å². The summed E-state index contributed by atoms with van der Waals surface area (Å²) in [6, 6.07) is 5.45. The van der Waals surface area contributed by atoms with Gasteiger partial charge in [-0.05, 0) is 68.7 Å². The predicted octanol–water partition coefficient (Wildman–Crippen LogP) is -2.17. The van der Waals surface area contributed by atoms with Crippen molar-refractivity contribution >= 4 is 86.6 Å². The number of benzene rings is 2. The number of hydrogen-bond acceptors (Lipinski definition) is 14. The van der Waals surface area contributed by atoms with Crippen molar-refractivity contribution in [3.8, 4) is 5.75 Å². The first-order chi connectivity index (χ1) is 34.9. The number of aromatic hydroxyl groups is 1. The van der Waals surface area contributed by atoms with Gasteiger partial charge >= 0.3 is 0 Å². The van der Waals surface area contributed by atoms with E-state index in [2.05, 4.69) is 42.2 Å². The van der Waals surface area contributed by atoms with E-state index in [1.165, 1.54) is 27.8 Å². The molecule has 16 N–H and O–H groups in total. The van der Waals surface area contributed by atoms with Crippen molar-refractivity contribution in [1.29, 1.82) is 0 Å². The molecule has 24 nitrogen and oxygen atoms in total. The number of nitrogens with two attached hydrogens (primary N) is 4. The highest BCUT2D eigenvalue weighted by Gasteiger charge is 2.41. The average Bonchev–Trinajstić information content (AvgIpc) is 3.82. The largest absolute Gasteiger partial charge is 0.508 e. The number of carbonyl (C=O) groups excluding carboxylic acids is 10. The van der Waals surface area contributed by atoms with Gasteiger partial charge in [0.25, 0.3) is 0 Å². The molecule has 2 aliphatic rings. The fraction of sp³-hybridized carbons (Fsp3) is 0.521. The number of amides is 10. The summed E-state index contributed by atoms with van der Waals surface area (Å²) in [5, 5.41) is 28.4. The molecular weight excluding hydrogens is 999 g/mol. The number of hydrogen-bond donors (Lipinski definition) is 12. The van der Waals surface area contributed by atoms with E-state index >= 15 is 0 Å². The van der Waals surface area contributed by atoms with E-state index in [9.17, 15) is 53.1 Å². The monoisotopic (exact) mass is 1070 g/mol. The van der Waals surface area contributed by atoms with E-state index < -0.39 is 125 Å². The van der Waals surface area contributed by atoms with E-state index in [-0.39, 0.29) is 69.1 Å². The molecular formula is C48H69N13O11S2. The maximum Gasteiger partial charge on any atom is 0.246 e. The summed E-state index contributed by atoms with van der Waals surface area (Å²) in [5.41, 5.74) is 22.9. The van der Waals surface area contributed by atoms with Crippen LogP contribution in [0.3, 0.4) is 0 Å². The predicted molar refractivity (Wildman–Crippen MR) is 278 cm³/mol. The molecule has 0 spiro atoms. The highest BCUT2D eigenvalue weighted by Crippen LogP contribution is 2.39. The van der Waals surface area contributed by atoms with Crippen molar-refractivity contribution in [2.24, 2.45) is 33.8 Å². The Morgan fingerprint density at radius 2 is 1.41 bits per heavy atom. The average molecular weight is 1070 g/mol. The number of phenols is 1. The van der Waals surface area contributed by atoms with Gasteiger partial charge in [-0.15, -0.1) is 0 Å². The number of rotatable bonds is 17. The second-order valence-electron chi connectivity index (χ2n) is 19.0. The maximum absolute atomic E-state index is 14.7. The number of nitrogens with one attached hydrogen (secondary N) is 7. The van der Waals surface area contributed by atoms with Crippen LogP contribution in [0.5, 0.6) is 5.75 Å². The Morgan fingerprint density at radius 3 is 2.03 bits per heavy atom. The number of phenolic OH excluding ortho intramolecular Hbond substituents is 1. The van der Waals surface area contributed by atoms with Gasteiger partial charge in [0.15, 0.2) is 5.96 Å². The molecule has 2 fully saturated rings. The Kier molecular flexibility index (Phi) is 22.8. The van der Waals surface area contributed by atoms with Crippen LogP contribution in [0.1, 0.15) is 77.3 Å². The van der Waals surface area contributed by atoms with Crippen LogP contribution >= 0.6 is 21.6 Å². The van der Waals surface area contributed by atoms with Gasteiger partial charge in [0.05, 0.1) is 13.0 Å². The molecule has 74 heavy (non-hydrogen) atoms. The number of likely N-dealkylation sites (tertiary alicyclic amines) is 1. The standard InChI is InChI=1S/C48H69N13O11S2/c1-26(2)39-45(71)58-33(22-36(49)63)42(68)59-34(46(72)61-19-9-13-35(61)44(70)56-30(12-8-18-53-47(51)52)40(66)54-24-37(50)64)25-73-74-48(3,4)23-38(65)55-31(21-28-14-16-29(62)17-15-28)41(67)57-32(43(69)60-39)20-27-10-6-5-7-11-27/h5-7,10-11,14-17,26,30-35,39,62H,8-9,12-13,18-25H2,1-4H3,(H2,49,63)(H2,50,64)(H,54,66)(H,55,65)(H,56,70)(H,57,67)(H,58,71)(H,59,68)(H,60,69)(H4,51,52,53)/t30-,31-,32+,33+,34+,35-,39-/m0/s1. The number of carbonyl (C=O) groups is 10. The molecule has 10 amide bonds. The van der Waals surface area contributed by atoms with Gasteiger partial charge in [-0.2, -0.15) is 0 Å². The summed E-state index contributed by atoms with van der Waals surface area (Å²) in [5.74, 6) is -8.95. The first kappa shape index (κ1) is 59.5. The lowest BCUT2D eigenvalue weighted by Gasteiger charge is -2.32. The Morgan fingerprint density at radius 1 is 0.797 bits per heavy atom. The van der Waals surface area contributed by atoms with Crippen LogP contribution in [0.4, 0.5) is 0 Å². The molecule has 2 aliphatic heterocycles. The molecule has 7 atom stereocenters. The zero-order chi connectivity index (χ0) is 54.7. The van der Waals surface area contributed by atoms with Crippen LogP contribution in [0, 0.1) is 5.92 Å². The number of primary amides is 2. The lowest BCUT2D eigenvalue weighted by molar-refractivity contribution is -0.142. The quantitative estimate of drug-likeness (QED) is 0.0347. The summed E-state index contributed by atoms with van der Waals surface area (Å²) < 4.78 is -0.905. The summed E-state index contributed by atoms with van der Waals surface area (Å²) in [6.45, 7) is 6.40. The van der Waals surface area contributed by atoms with Crippen molar-refractivity contribution < 1.29 is 53.1 Å². The van der Waals surface area contributed by atoms with Crippen molar-refractivity contribution in [1.82, 2.24) is 42.1 Å². The van der Waals surface area contributed by atoms with Gasteiger partial charge in [0, 0.05) is 42.9 Å². The molecule has 404 valence electrons. The second kappa shape index (κ2) is 28.4. The lowest BCUT2D eigenvalue weighted by Crippen LogP contribution is -2.61. The fourth-order valence-electron chi connectivity index (χ4n) is 8.08. The van der Waals surface area contributed by atoms with Crippen molar-refractivity contribution in [2.75, 3.05) is 25.4 Å². The summed E-state index contributed by atoms with van der Waals surface area (Å²) in [4.78, 5) is 142. The first-order valence-electron chi connectivity index (χ1n) is 24.1. The SMILES string of the molecule is CC(C)[C@@H]1NC(=O)[C@@H](Cc2ccccc2)NC(=O)[C@H](Cc2ccc(O)cc2)NC(=O)CC(C)(C)SSC[C@H](C(=O)N2CCC[C@H]2C(=O)N[C@@H](CCCN=C(N)N)C(=O)NCC(N)=O)NC(=O)[C@@H](CC(N)=O)NC1=O. The van der Waals surface area contributed by atoms with Crippen molar-refractivity contribution in [2.45, 2.75) is 126 Å². The van der Waals surface area contributed by atoms with Crippen molar-refractivity contribution in [3.63, 3.8) is 0 Å². The molecule has 0 aromatic heterocycles. The molecule has 2 saturated heterocycles. The van der Waals surface area contributed by atoms with E-state index in [4.69, 9.17) is 22.9 Å². The summed E-state index contributed by atoms with van der Waals surface area (Å²) in [7, 11) is 2.29. The summed E-state index contributed by atoms with van der Waals surface area (Å²) in [6.07, 6.45) is -0.207. The van der Waals surface area contributed by atoms with Gasteiger partial charge in [-0.25, -0.2) is 0 Å². The molecule has 4 rings (SSSR count). The van der Waals surface area contributed by atoms with Crippen LogP contribution in [-0.2, 0) is 60.8 Å². The molecule has 2 aromatic carbocycles. The van der Waals surface area contributed by atoms with E-state index in [0.29, 0.717) is 17.5 Å². The maximum atomic E-state index is 14.7. The van der Waals surface area contributed by atoms with Gasteiger partial charge in [-0.1, -0.05) is 77.9 Å². The van der Waals surface area contributed by atoms with Gasteiger partial charge < -0.3 is 70.2 Å². The lowest BCUT2D eigenvalue weighted by atomic mass is 9.99. The number of aliphatic imine (C=N–C) groups is 1. The molecule has 2 aromatic rings. The van der Waals surface area contributed by atoms with Crippen LogP contribution in [0.25, 0.3) is 0 Å². The summed E-state index contributed by atoms with van der Waals surface area (Å²) >= 11 is 0. The smallest absolute Gasteiger partial charge is 0.246 e. The third-order valence-corrected chi connectivity index (χ3v) is 15.1. The van der Waals surface area contributed by atoms with Gasteiger partial charge in [0.1, 0.15) is 48.0 Å². The van der Waals surface area contributed by atoms with Crippen LogP contribution in [0.15, 0.2) is 59.6 Å². The minimum atomic E-state index is -1.67. The Labute approximate surface area is 437 Å². The van der Waals surface area contributed by atoms with Gasteiger partial charge in [0.2, 0.25) is 59.1 Å². The Hall–Kier alpha value is -7.09. The van der Waals surface area contributed by atoms with Crippen LogP contribution < -0.4 is 60.2 Å². The minimum Gasteiger partial charge on any atom is -0.508 e. The third kappa shape index (κ3) is 19.4. The highest BCUT2D eigenvalue weighted by molar-refractivity contribution is 8.77. The van der Waals surface area contributed by atoms with Crippen LogP contribution in [-0.4, -0.2) is 147 Å². The molecule has 26 heteroatoms. The van der Waals surface area contributed by atoms with Crippen LogP contribution in [0.2, 0.25) is 0 Å². The number of nitrogens with zero attached hydrogens (tertiary/aromatic N) is 2. The minimum absolute atomic E-state index is 0.0180. The topological polar surface area (TPSA) is 395 Å². The first-order valence-corrected chi connectivity index (χ1v) is 26.4. The van der Waals surface area contributed by atoms with E-state index in [0.717, 1.165) is 10.8 Å². The third-order valence-electron chi connectivity index (χ3n) is 11.8. The molecule has 0 unspecified atom stereocenters. The fourth-order valence-corrected chi connectivity index (χ4v) is 10.8. The molecule has 0 radical (unpaired) electrons. The molecule has 0 aliphatic carbocycles. The molecule has 2 heterocycles. The second-order valence-corrected chi connectivity index (χ2v) is 22.0. The Balaban J connectivity index is 1.71. The zero-order valence-electron chi connectivity index (χ0n) is 41.9. The normalized spacial score (nSPS) is 22.6.